The fraction of sp³-hybridized carbons (Fsp3) is 0.632. The zero-order valence-corrected chi connectivity index (χ0v) is 16.2. The van der Waals surface area contributed by atoms with E-state index >= 15 is 0 Å². The first-order chi connectivity index (χ1) is 14.2. The lowest BCUT2D eigenvalue weighted by molar-refractivity contribution is -0.289. The van der Waals surface area contributed by atoms with E-state index in [1.165, 1.54) is 19.1 Å². The second kappa shape index (κ2) is 9.22. The number of carbonyl (C=O) groups excluding carboxylic acids is 1. The fourth-order valence-electron chi connectivity index (χ4n) is 3.26. The Morgan fingerprint density at radius 1 is 1.13 bits per heavy atom. The Bertz CT molecular complexity index is 743. The van der Waals surface area contributed by atoms with E-state index in [9.17, 15) is 30.3 Å². The van der Waals surface area contributed by atoms with E-state index in [1.807, 2.05) is 0 Å². The fourth-order valence-corrected chi connectivity index (χ4v) is 3.26. The van der Waals surface area contributed by atoms with Crippen molar-refractivity contribution in [3.8, 4) is 5.75 Å². The topological polar surface area (TPSA) is 175 Å². The van der Waals surface area contributed by atoms with Gasteiger partial charge in [0.2, 0.25) is 6.29 Å². The summed E-state index contributed by atoms with van der Waals surface area (Å²) < 4.78 is 21.6. The molecule has 6 N–H and O–H groups in total. The molecule has 2 saturated heterocycles. The standard InChI is InChI=1S/C19H26O11/c1-9(21)10-4-2-3-5-11(10)29-17-15(24)14(23)13(22)12(30-17)6-27-18-16(25)19(26,7-20)8-28-18/h2-5,12-18,20,22-26H,6-8H2,1H3/t12-,13-,14+,15-,16+,17-,18-,19-/m1/s1. The van der Waals surface area contributed by atoms with Crippen molar-refractivity contribution in [2.45, 2.75) is 55.6 Å². The summed E-state index contributed by atoms with van der Waals surface area (Å²) in [5.41, 5.74) is -1.64. The lowest BCUT2D eigenvalue weighted by Crippen LogP contribution is -2.60. The van der Waals surface area contributed by atoms with E-state index in [-0.39, 0.29) is 23.7 Å². The van der Waals surface area contributed by atoms with Crippen molar-refractivity contribution < 1.29 is 54.4 Å². The maximum absolute atomic E-state index is 11.8. The summed E-state index contributed by atoms with van der Waals surface area (Å²) in [5, 5.41) is 59.8. The van der Waals surface area contributed by atoms with Crippen LogP contribution in [0.25, 0.3) is 0 Å². The van der Waals surface area contributed by atoms with Crippen LogP contribution in [0.15, 0.2) is 24.3 Å². The summed E-state index contributed by atoms with van der Waals surface area (Å²) in [6, 6.07) is 6.27. The molecule has 2 aliphatic heterocycles. The Labute approximate surface area is 172 Å². The maximum atomic E-state index is 11.8. The highest BCUT2D eigenvalue weighted by Gasteiger charge is 2.50. The molecule has 0 aromatic heterocycles. The predicted octanol–water partition coefficient (Wildman–Crippen LogP) is -2.47. The van der Waals surface area contributed by atoms with E-state index in [1.54, 1.807) is 12.1 Å². The highest BCUT2D eigenvalue weighted by Crippen LogP contribution is 2.29. The zero-order chi connectivity index (χ0) is 22.1. The zero-order valence-electron chi connectivity index (χ0n) is 16.2. The smallest absolute Gasteiger partial charge is 0.229 e. The molecule has 8 atom stereocenters. The van der Waals surface area contributed by atoms with Crippen molar-refractivity contribution in [3.05, 3.63) is 29.8 Å². The maximum Gasteiger partial charge on any atom is 0.229 e. The molecule has 0 saturated carbocycles. The molecule has 0 unspecified atom stereocenters. The molecule has 0 spiro atoms. The van der Waals surface area contributed by atoms with E-state index in [4.69, 9.17) is 24.1 Å². The van der Waals surface area contributed by atoms with Gasteiger partial charge in [0.05, 0.1) is 25.4 Å². The number of ether oxygens (including phenoxy) is 4. The first-order valence-electron chi connectivity index (χ1n) is 9.38. The van der Waals surface area contributed by atoms with Crippen LogP contribution >= 0.6 is 0 Å². The Hall–Kier alpha value is -1.67. The van der Waals surface area contributed by atoms with Gasteiger partial charge in [0.1, 0.15) is 41.9 Å². The summed E-state index contributed by atoms with van der Waals surface area (Å²) in [5.74, 6) is -0.153. The highest BCUT2D eigenvalue weighted by atomic mass is 16.7. The number of benzene rings is 1. The number of ketones is 1. The van der Waals surface area contributed by atoms with Gasteiger partial charge in [-0.2, -0.15) is 0 Å². The summed E-state index contributed by atoms with van der Waals surface area (Å²) in [4.78, 5) is 11.8. The number of carbonyl (C=O) groups is 1. The molecule has 30 heavy (non-hydrogen) atoms. The molecule has 2 aliphatic rings. The Morgan fingerprint density at radius 3 is 2.47 bits per heavy atom. The van der Waals surface area contributed by atoms with Gasteiger partial charge >= 0.3 is 0 Å². The summed E-state index contributed by atoms with van der Waals surface area (Å²) in [7, 11) is 0. The largest absolute Gasteiger partial charge is 0.461 e. The lowest BCUT2D eigenvalue weighted by atomic mass is 9.99. The van der Waals surface area contributed by atoms with Crippen LogP contribution < -0.4 is 4.74 Å². The molecule has 1 aromatic carbocycles. The molecule has 0 aliphatic carbocycles. The average molecular weight is 430 g/mol. The molecular formula is C19H26O11. The number of hydrogen-bond donors (Lipinski definition) is 6. The van der Waals surface area contributed by atoms with Gasteiger partial charge in [0.25, 0.3) is 0 Å². The van der Waals surface area contributed by atoms with E-state index in [0.29, 0.717) is 0 Å². The van der Waals surface area contributed by atoms with Crippen LogP contribution in [-0.2, 0) is 14.2 Å². The average Bonchev–Trinajstić information content (AvgIpc) is 3.02. The van der Waals surface area contributed by atoms with Crippen molar-refractivity contribution in [3.63, 3.8) is 0 Å². The van der Waals surface area contributed by atoms with E-state index < -0.39 is 61.9 Å². The molecule has 0 radical (unpaired) electrons. The minimum absolute atomic E-state index is 0.125. The molecule has 3 rings (SSSR count). The third-order valence-corrected chi connectivity index (χ3v) is 5.18. The third-order valence-electron chi connectivity index (χ3n) is 5.18. The SMILES string of the molecule is CC(=O)c1ccccc1O[C@@H]1O[C@H](CO[C@@H]2OC[C@](O)(CO)[C@H]2O)[C@@H](O)[C@H](O)[C@H]1O. The number of Topliss-reactive ketones (excluding diaryl/α,β-unsaturated/α-hetero) is 1. The molecule has 2 heterocycles. The third kappa shape index (κ3) is 4.49. The molecule has 168 valence electrons. The van der Waals surface area contributed by atoms with Crippen LogP contribution in [-0.4, -0.2) is 105 Å². The number of aliphatic hydroxyl groups is 6. The van der Waals surface area contributed by atoms with Gasteiger partial charge in [-0.15, -0.1) is 0 Å². The second-order valence-electron chi connectivity index (χ2n) is 7.40. The number of para-hydroxylation sites is 1. The second-order valence-corrected chi connectivity index (χ2v) is 7.40. The van der Waals surface area contributed by atoms with Gasteiger partial charge < -0.3 is 49.6 Å². The Balaban J connectivity index is 1.67. The molecule has 11 heteroatoms. The van der Waals surface area contributed by atoms with Crippen LogP contribution in [0.2, 0.25) is 0 Å². The number of hydrogen-bond acceptors (Lipinski definition) is 11. The number of aliphatic hydroxyl groups excluding tert-OH is 5. The predicted molar refractivity (Wildman–Crippen MR) is 97.5 cm³/mol. The van der Waals surface area contributed by atoms with E-state index in [0.717, 1.165) is 0 Å². The monoisotopic (exact) mass is 430 g/mol. The van der Waals surface area contributed by atoms with Crippen molar-refractivity contribution in [2.75, 3.05) is 19.8 Å². The van der Waals surface area contributed by atoms with Gasteiger partial charge in [-0.3, -0.25) is 4.79 Å². The quantitative estimate of drug-likeness (QED) is 0.253. The minimum Gasteiger partial charge on any atom is -0.461 e. The minimum atomic E-state index is -1.88. The Kier molecular flexibility index (Phi) is 7.07. The molecular weight excluding hydrogens is 404 g/mol. The first-order valence-corrected chi connectivity index (χ1v) is 9.38. The van der Waals surface area contributed by atoms with Gasteiger partial charge in [-0.05, 0) is 19.1 Å². The van der Waals surface area contributed by atoms with Gasteiger partial charge in [-0.25, -0.2) is 0 Å². The van der Waals surface area contributed by atoms with Crippen LogP contribution in [0.5, 0.6) is 5.75 Å². The van der Waals surface area contributed by atoms with Crippen LogP contribution in [0, 0.1) is 0 Å². The van der Waals surface area contributed by atoms with Crippen molar-refractivity contribution in [2.24, 2.45) is 0 Å². The summed E-state index contributed by atoms with van der Waals surface area (Å²) in [6.45, 7) is -0.163. The van der Waals surface area contributed by atoms with E-state index in [2.05, 4.69) is 0 Å². The molecule has 0 amide bonds. The Morgan fingerprint density at radius 2 is 1.83 bits per heavy atom. The number of rotatable bonds is 7. The van der Waals surface area contributed by atoms with Gasteiger partial charge in [-0.1, -0.05) is 12.1 Å². The van der Waals surface area contributed by atoms with Crippen molar-refractivity contribution in [1.29, 1.82) is 0 Å². The highest BCUT2D eigenvalue weighted by molar-refractivity contribution is 5.96. The summed E-state index contributed by atoms with van der Waals surface area (Å²) in [6.07, 6.45) is -10.3. The molecule has 1 aromatic rings. The molecule has 2 fully saturated rings. The van der Waals surface area contributed by atoms with Crippen LogP contribution in [0.1, 0.15) is 17.3 Å². The van der Waals surface area contributed by atoms with Crippen molar-refractivity contribution in [1.82, 2.24) is 0 Å². The van der Waals surface area contributed by atoms with Crippen LogP contribution in [0.3, 0.4) is 0 Å². The van der Waals surface area contributed by atoms with Gasteiger partial charge in [0.15, 0.2) is 12.1 Å². The normalized spacial score (nSPS) is 39.1. The molecule has 0 bridgehead atoms. The van der Waals surface area contributed by atoms with Crippen molar-refractivity contribution >= 4 is 5.78 Å². The molecule has 11 nitrogen and oxygen atoms in total. The van der Waals surface area contributed by atoms with Gasteiger partial charge in [0, 0.05) is 0 Å². The summed E-state index contributed by atoms with van der Waals surface area (Å²) >= 11 is 0. The lowest BCUT2D eigenvalue weighted by Gasteiger charge is -2.40. The van der Waals surface area contributed by atoms with Crippen LogP contribution in [0.4, 0.5) is 0 Å². The first kappa shape index (κ1) is 23.0.